The van der Waals surface area contributed by atoms with Crippen LogP contribution in [0.3, 0.4) is 0 Å². The third kappa shape index (κ3) is 2.53. The van der Waals surface area contributed by atoms with Gasteiger partial charge in [-0.1, -0.05) is 0 Å². The van der Waals surface area contributed by atoms with Crippen LogP contribution < -0.4 is 10.7 Å². The van der Waals surface area contributed by atoms with E-state index in [1.54, 1.807) is 6.07 Å². The summed E-state index contributed by atoms with van der Waals surface area (Å²) in [6.07, 6.45) is 3.87. The lowest BCUT2D eigenvalue weighted by atomic mass is 10.2. The van der Waals surface area contributed by atoms with Crippen molar-refractivity contribution in [3.63, 3.8) is 0 Å². The Balaban J connectivity index is 1.69. The van der Waals surface area contributed by atoms with Crippen molar-refractivity contribution in [1.29, 1.82) is 0 Å². The predicted octanol–water partition coefficient (Wildman–Crippen LogP) is 2.05. The molecule has 7 nitrogen and oxygen atoms in total. The molecule has 0 spiro atoms. The fourth-order valence-electron chi connectivity index (χ4n) is 3.30. The number of carbonyl (C=O) groups is 1. The SMILES string of the molecule is CC1=CC(C)=NC2=C(NC(=O)c3ccn4c(C)cc(C)nc34)CNN12. The van der Waals surface area contributed by atoms with E-state index >= 15 is 0 Å². The minimum absolute atomic E-state index is 0.175. The Morgan fingerprint density at radius 2 is 2.08 bits per heavy atom. The molecule has 128 valence electrons. The normalized spacial score (nSPS) is 16.9. The molecule has 25 heavy (non-hydrogen) atoms. The molecule has 0 unspecified atom stereocenters. The van der Waals surface area contributed by atoms with Crippen molar-refractivity contribution in [2.24, 2.45) is 4.99 Å². The monoisotopic (exact) mass is 336 g/mol. The summed E-state index contributed by atoms with van der Waals surface area (Å²) in [6, 6.07) is 3.79. The summed E-state index contributed by atoms with van der Waals surface area (Å²) < 4.78 is 1.93. The second kappa shape index (κ2) is 5.56. The highest BCUT2D eigenvalue weighted by molar-refractivity contribution is 6.01. The van der Waals surface area contributed by atoms with Crippen molar-refractivity contribution in [3.05, 3.63) is 58.6 Å². The van der Waals surface area contributed by atoms with E-state index in [1.807, 2.05) is 55.4 Å². The van der Waals surface area contributed by atoms with E-state index in [4.69, 9.17) is 0 Å². The van der Waals surface area contributed by atoms with Crippen LogP contribution in [0.4, 0.5) is 0 Å². The molecule has 0 atom stereocenters. The van der Waals surface area contributed by atoms with Gasteiger partial charge in [0.15, 0.2) is 5.82 Å². The first-order valence-electron chi connectivity index (χ1n) is 8.21. The maximum absolute atomic E-state index is 12.8. The maximum Gasteiger partial charge on any atom is 0.259 e. The van der Waals surface area contributed by atoms with Crippen LogP contribution in [-0.4, -0.2) is 32.6 Å². The number of rotatable bonds is 2. The van der Waals surface area contributed by atoms with Crippen molar-refractivity contribution in [1.82, 2.24) is 25.1 Å². The van der Waals surface area contributed by atoms with Crippen molar-refractivity contribution in [3.8, 4) is 0 Å². The first-order chi connectivity index (χ1) is 11.9. The van der Waals surface area contributed by atoms with Gasteiger partial charge in [0.25, 0.3) is 5.91 Å². The molecular weight excluding hydrogens is 316 g/mol. The first kappa shape index (κ1) is 15.6. The number of allylic oxidation sites excluding steroid dienone is 2. The van der Waals surface area contributed by atoms with Crippen molar-refractivity contribution < 1.29 is 4.79 Å². The summed E-state index contributed by atoms with van der Waals surface area (Å²) in [6.45, 7) is 8.41. The smallest absolute Gasteiger partial charge is 0.259 e. The molecule has 2 aromatic rings. The van der Waals surface area contributed by atoms with Gasteiger partial charge in [-0.25, -0.2) is 15.4 Å². The van der Waals surface area contributed by atoms with Crippen LogP contribution in [0.5, 0.6) is 0 Å². The highest BCUT2D eigenvalue weighted by atomic mass is 16.1. The van der Waals surface area contributed by atoms with Crippen LogP contribution in [0, 0.1) is 13.8 Å². The van der Waals surface area contributed by atoms with Gasteiger partial charge in [0.05, 0.1) is 17.8 Å². The molecule has 2 aliphatic heterocycles. The Labute approximate surface area is 145 Å². The third-order valence-electron chi connectivity index (χ3n) is 4.40. The van der Waals surface area contributed by atoms with Crippen LogP contribution in [-0.2, 0) is 0 Å². The van der Waals surface area contributed by atoms with Gasteiger partial charge in [-0.2, -0.15) is 0 Å². The van der Waals surface area contributed by atoms with Crippen LogP contribution in [0.1, 0.15) is 35.6 Å². The Morgan fingerprint density at radius 1 is 1.28 bits per heavy atom. The molecule has 7 heteroatoms. The van der Waals surface area contributed by atoms with Gasteiger partial charge >= 0.3 is 0 Å². The molecule has 2 N–H and O–H groups in total. The summed E-state index contributed by atoms with van der Waals surface area (Å²) in [5.74, 6) is 0.570. The summed E-state index contributed by atoms with van der Waals surface area (Å²) in [5, 5.41) is 4.90. The molecule has 0 bridgehead atoms. The van der Waals surface area contributed by atoms with Crippen LogP contribution in [0.25, 0.3) is 5.65 Å². The summed E-state index contributed by atoms with van der Waals surface area (Å²) in [7, 11) is 0. The highest BCUT2D eigenvalue weighted by Gasteiger charge is 2.27. The van der Waals surface area contributed by atoms with Gasteiger partial charge in [-0.15, -0.1) is 0 Å². The van der Waals surface area contributed by atoms with Crippen LogP contribution >= 0.6 is 0 Å². The van der Waals surface area contributed by atoms with Crippen LogP contribution in [0.15, 0.2) is 46.6 Å². The van der Waals surface area contributed by atoms with E-state index < -0.39 is 0 Å². The fourth-order valence-corrected chi connectivity index (χ4v) is 3.30. The molecule has 4 rings (SSSR count). The van der Waals surface area contributed by atoms with Crippen molar-refractivity contribution in [2.75, 3.05) is 6.54 Å². The molecular formula is C18H20N6O. The van der Waals surface area contributed by atoms with Gasteiger partial charge in [0, 0.05) is 29.0 Å². The van der Waals surface area contributed by atoms with E-state index in [-0.39, 0.29) is 5.91 Å². The lowest BCUT2D eigenvalue weighted by Gasteiger charge is -2.23. The number of hydrazine groups is 1. The number of aliphatic imine (C=N–C) groups is 1. The average molecular weight is 336 g/mol. The van der Waals surface area contributed by atoms with Gasteiger partial charge < -0.3 is 9.72 Å². The number of nitrogens with one attached hydrogen (secondary N) is 2. The summed E-state index contributed by atoms with van der Waals surface area (Å²) in [5.41, 5.74) is 9.13. The lowest BCUT2D eigenvalue weighted by molar-refractivity contribution is 0.0966. The molecule has 2 aromatic heterocycles. The molecule has 4 heterocycles. The predicted molar refractivity (Wildman–Crippen MR) is 95.9 cm³/mol. The number of amides is 1. The number of hydrogen-bond acceptors (Lipinski definition) is 5. The highest BCUT2D eigenvalue weighted by Crippen LogP contribution is 2.24. The topological polar surface area (TPSA) is 74.0 Å². The zero-order valence-electron chi connectivity index (χ0n) is 14.7. The number of nitrogens with zero attached hydrogens (tertiary/aromatic N) is 4. The Bertz CT molecular complexity index is 994. The van der Waals surface area contributed by atoms with Gasteiger partial charge in [0.1, 0.15) is 5.65 Å². The fraction of sp³-hybridized carbons (Fsp3) is 0.278. The van der Waals surface area contributed by atoms with E-state index in [2.05, 4.69) is 20.7 Å². The minimum atomic E-state index is -0.175. The quantitative estimate of drug-likeness (QED) is 0.880. The van der Waals surface area contributed by atoms with E-state index in [1.165, 1.54) is 0 Å². The Morgan fingerprint density at radius 3 is 2.88 bits per heavy atom. The van der Waals surface area contributed by atoms with Gasteiger partial charge in [0.2, 0.25) is 0 Å². The van der Waals surface area contributed by atoms with Gasteiger partial charge in [-0.3, -0.25) is 9.80 Å². The molecule has 0 fully saturated rings. The molecule has 0 radical (unpaired) electrons. The summed E-state index contributed by atoms with van der Waals surface area (Å²) >= 11 is 0. The number of fused-ring (bicyclic) bond motifs is 2. The minimum Gasteiger partial charge on any atom is -0.321 e. The standard InChI is InChI=1S/C18H20N6O/c1-10-7-12(3)23-6-5-14(16(23)20-10)18(25)22-15-9-19-24-13(4)8-11(2)21-17(15)24/h5-8,19H,9H2,1-4H3,(H,22,25). The van der Waals surface area contributed by atoms with Crippen molar-refractivity contribution >= 4 is 17.3 Å². The molecule has 0 saturated heterocycles. The number of aryl methyl sites for hydroxylation is 2. The molecule has 0 aromatic carbocycles. The number of aromatic nitrogens is 2. The van der Waals surface area contributed by atoms with Crippen molar-refractivity contribution in [2.45, 2.75) is 27.7 Å². The van der Waals surface area contributed by atoms with E-state index in [0.717, 1.165) is 34.3 Å². The largest absolute Gasteiger partial charge is 0.321 e. The van der Waals surface area contributed by atoms with E-state index in [0.29, 0.717) is 17.8 Å². The lowest BCUT2D eigenvalue weighted by Crippen LogP contribution is -2.32. The number of hydrogen-bond donors (Lipinski definition) is 2. The second-order valence-electron chi connectivity index (χ2n) is 6.43. The average Bonchev–Trinajstić information content (AvgIpc) is 3.12. The molecule has 1 amide bonds. The third-order valence-corrected chi connectivity index (χ3v) is 4.40. The molecule has 2 aliphatic rings. The Kier molecular flexibility index (Phi) is 3.47. The maximum atomic E-state index is 12.8. The summed E-state index contributed by atoms with van der Waals surface area (Å²) in [4.78, 5) is 21.9. The Hall–Kier alpha value is -2.93. The zero-order chi connectivity index (χ0) is 17.7. The number of carbonyl (C=O) groups excluding carboxylic acids is 1. The zero-order valence-corrected chi connectivity index (χ0v) is 14.7. The first-order valence-corrected chi connectivity index (χ1v) is 8.21. The van der Waals surface area contributed by atoms with Crippen LogP contribution in [0.2, 0.25) is 0 Å². The second-order valence-corrected chi connectivity index (χ2v) is 6.43. The molecule has 0 aliphatic carbocycles. The molecule has 0 saturated carbocycles. The van der Waals surface area contributed by atoms with Gasteiger partial charge in [-0.05, 0) is 45.9 Å². The van der Waals surface area contributed by atoms with E-state index in [9.17, 15) is 4.79 Å².